The number of nitrogens with one attached hydrogen (secondary N) is 1. The highest BCUT2D eigenvalue weighted by molar-refractivity contribution is 6.31. The molecule has 2 N–H and O–H groups in total. The molecule has 102 valence electrons. The van der Waals surface area contributed by atoms with Gasteiger partial charge < -0.3 is 15.2 Å². The average molecular weight is 284 g/mol. The van der Waals surface area contributed by atoms with Gasteiger partial charge in [-0.3, -0.25) is 0 Å². The van der Waals surface area contributed by atoms with Gasteiger partial charge in [0.15, 0.2) is 0 Å². The number of carboxylic acids is 1. The number of hydrogen-bond donors (Lipinski definition) is 2. The van der Waals surface area contributed by atoms with Gasteiger partial charge in [-0.1, -0.05) is 24.3 Å². The van der Waals surface area contributed by atoms with E-state index in [0.717, 1.165) is 5.56 Å². The molecule has 19 heavy (non-hydrogen) atoms. The van der Waals surface area contributed by atoms with E-state index in [-0.39, 0.29) is 12.2 Å². The van der Waals surface area contributed by atoms with Crippen LogP contribution in [-0.4, -0.2) is 30.3 Å². The van der Waals surface area contributed by atoms with Gasteiger partial charge in [0.1, 0.15) is 6.61 Å². The van der Waals surface area contributed by atoms with Gasteiger partial charge in [-0.2, -0.15) is 0 Å². The molecule has 1 aromatic rings. The summed E-state index contributed by atoms with van der Waals surface area (Å²) in [6.07, 6.45) is 1.39. The third-order valence-electron chi connectivity index (χ3n) is 2.22. The van der Waals surface area contributed by atoms with Crippen LogP contribution in [0.3, 0.4) is 0 Å². The second-order valence-electron chi connectivity index (χ2n) is 3.72. The van der Waals surface area contributed by atoms with E-state index in [9.17, 15) is 9.59 Å². The molecule has 0 bridgehead atoms. The van der Waals surface area contributed by atoms with Gasteiger partial charge in [0.05, 0.1) is 5.56 Å². The Morgan fingerprint density at radius 1 is 1.42 bits per heavy atom. The van der Waals surface area contributed by atoms with Gasteiger partial charge in [-0.05, 0) is 30.2 Å². The number of carbonyl (C=O) groups excluding carboxylic acids is 1. The van der Waals surface area contributed by atoms with E-state index in [1.54, 1.807) is 6.07 Å². The fourth-order valence-electron chi connectivity index (χ4n) is 1.41. The summed E-state index contributed by atoms with van der Waals surface area (Å²) in [5, 5.41) is 11.8. The van der Waals surface area contributed by atoms with Crippen molar-refractivity contribution >= 4 is 23.7 Å². The fraction of sp³-hybridized carbons (Fsp3) is 0.231. The van der Waals surface area contributed by atoms with Crippen LogP contribution in [0.5, 0.6) is 0 Å². The van der Waals surface area contributed by atoms with Crippen LogP contribution in [0.4, 0.5) is 4.79 Å². The molecule has 0 aliphatic carbocycles. The molecule has 0 fully saturated rings. The molecule has 0 unspecified atom stereocenters. The van der Waals surface area contributed by atoms with Crippen molar-refractivity contribution in [2.75, 3.05) is 13.2 Å². The van der Waals surface area contributed by atoms with Crippen LogP contribution in [0.15, 0.2) is 30.9 Å². The molecular weight excluding hydrogens is 270 g/mol. The van der Waals surface area contributed by atoms with Crippen LogP contribution >= 0.6 is 11.6 Å². The summed E-state index contributed by atoms with van der Waals surface area (Å²) >= 11 is 5.82. The number of carbonyl (C=O) groups is 2. The van der Waals surface area contributed by atoms with Crippen molar-refractivity contribution in [3.05, 3.63) is 47.0 Å². The lowest BCUT2D eigenvalue weighted by atomic mass is 10.1. The third kappa shape index (κ3) is 5.44. The summed E-state index contributed by atoms with van der Waals surface area (Å²) in [5.74, 6) is -1.04. The van der Waals surface area contributed by atoms with E-state index in [2.05, 4.69) is 11.9 Å². The van der Waals surface area contributed by atoms with E-state index in [1.165, 1.54) is 18.2 Å². The van der Waals surface area contributed by atoms with Crippen LogP contribution in [0.2, 0.25) is 5.02 Å². The minimum atomic E-state index is -1.04. The first kappa shape index (κ1) is 15.0. The molecular formula is C13H14ClNO4. The zero-order chi connectivity index (χ0) is 14.3. The lowest BCUT2D eigenvalue weighted by Crippen LogP contribution is -2.26. The molecule has 0 radical (unpaired) electrons. The van der Waals surface area contributed by atoms with Gasteiger partial charge in [0.2, 0.25) is 0 Å². The summed E-state index contributed by atoms with van der Waals surface area (Å²) in [6.45, 7) is 3.89. The molecule has 1 aromatic carbocycles. The maximum atomic E-state index is 11.1. The number of rotatable bonds is 6. The fourth-order valence-corrected chi connectivity index (χ4v) is 1.67. The lowest BCUT2D eigenvalue weighted by molar-refractivity contribution is 0.0696. The van der Waals surface area contributed by atoms with E-state index in [4.69, 9.17) is 21.4 Å². The second kappa shape index (κ2) is 7.43. The first-order valence-corrected chi connectivity index (χ1v) is 5.95. The van der Waals surface area contributed by atoms with Crippen LogP contribution in [0.25, 0.3) is 0 Å². The Morgan fingerprint density at radius 2 is 2.16 bits per heavy atom. The van der Waals surface area contributed by atoms with E-state index < -0.39 is 12.1 Å². The van der Waals surface area contributed by atoms with Gasteiger partial charge in [-0.25, -0.2) is 9.59 Å². The van der Waals surface area contributed by atoms with Crippen molar-refractivity contribution in [3.63, 3.8) is 0 Å². The smallest absolute Gasteiger partial charge is 0.407 e. The normalized spacial score (nSPS) is 9.74. The highest BCUT2D eigenvalue weighted by Crippen LogP contribution is 2.15. The van der Waals surface area contributed by atoms with Gasteiger partial charge in [-0.15, -0.1) is 0 Å². The first-order valence-electron chi connectivity index (χ1n) is 5.57. The molecule has 0 aliphatic heterocycles. The number of carboxylic acid groups (broad SMARTS) is 1. The second-order valence-corrected chi connectivity index (χ2v) is 4.15. The van der Waals surface area contributed by atoms with E-state index in [1.807, 2.05) is 0 Å². The van der Waals surface area contributed by atoms with Gasteiger partial charge >= 0.3 is 12.1 Å². The van der Waals surface area contributed by atoms with Crippen molar-refractivity contribution in [3.8, 4) is 0 Å². The van der Waals surface area contributed by atoms with Crippen molar-refractivity contribution in [1.82, 2.24) is 5.32 Å². The maximum Gasteiger partial charge on any atom is 0.407 e. The summed E-state index contributed by atoms with van der Waals surface area (Å²) in [6, 6.07) is 4.55. The molecule has 5 nitrogen and oxygen atoms in total. The molecule has 0 heterocycles. The Balaban J connectivity index is 2.51. The minimum absolute atomic E-state index is 0.122. The average Bonchev–Trinajstić information content (AvgIpc) is 2.35. The van der Waals surface area contributed by atoms with Crippen LogP contribution < -0.4 is 5.32 Å². The van der Waals surface area contributed by atoms with Crippen molar-refractivity contribution in [1.29, 1.82) is 0 Å². The highest BCUT2D eigenvalue weighted by atomic mass is 35.5. The van der Waals surface area contributed by atoms with Crippen molar-refractivity contribution in [2.45, 2.75) is 6.42 Å². The third-order valence-corrected chi connectivity index (χ3v) is 2.44. The Labute approximate surface area is 115 Å². The highest BCUT2D eigenvalue weighted by Gasteiger charge is 2.07. The zero-order valence-electron chi connectivity index (χ0n) is 10.2. The summed E-state index contributed by atoms with van der Waals surface area (Å²) in [4.78, 5) is 22.0. The monoisotopic (exact) mass is 283 g/mol. The summed E-state index contributed by atoms with van der Waals surface area (Å²) < 4.78 is 4.73. The number of hydrogen-bond acceptors (Lipinski definition) is 3. The minimum Gasteiger partial charge on any atom is -0.478 e. The number of alkyl carbamates (subject to hydrolysis) is 1. The standard InChI is InChI=1S/C13H14ClNO4/c1-2-5-19-13(18)15-4-3-9-6-10(12(16)17)8-11(14)7-9/h2,6-8H,1,3-5H2,(H,15,18)(H,16,17). The first-order chi connectivity index (χ1) is 9.02. The molecule has 0 aromatic heterocycles. The number of halogens is 1. The lowest BCUT2D eigenvalue weighted by Gasteiger charge is -2.06. The SMILES string of the molecule is C=CCOC(=O)NCCc1cc(Cl)cc(C(=O)O)c1. The molecule has 0 spiro atoms. The summed E-state index contributed by atoms with van der Waals surface area (Å²) in [7, 11) is 0. The molecule has 0 atom stereocenters. The van der Waals surface area contributed by atoms with Crippen LogP contribution in [-0.2, 0) is 11.2 Å². The van der Waals surface area contributed by atoms with Crippen LogP contribution in [0.1, 0.15) is 15.9 Å². The molecule has 0 aliphatic rings. The predicted molar refractivity (Wildman–Crippen MR) is 71.7 cm³/mol. The molecule has 1 amide bonds. The van der Waals surface area contributed by atoms with E-state index in [0.29, 0.717) is 18.0 Å². The van der Waals surface area contributed by atoms with Crippen molar-refractivity contribution in [2.24, 2.45) is 0 Å². The Hall–Kier alpha value is -2.01. The summed E-state index contributed by atoms with van der Waals surface area (Å²) in [5.41, 5.74) is 0.852. The topological polar surface area (TPSA) is 75.6 Å². The quantitative estimate of drug-likeness (QED) is 0.787. The Morgan fingerprint density at radius 3 is 2.79 bits per heavy atom. The predicted octanol–water partition coefficient (Wildman–Crippen LogP) is 2.49. The molecule has 0 saturated heterocycles. The zero-order valence-corrected chi connectivity index (χ0v) is 10.9. The number of amides is 1. The number of benzene rings is 1. The molecule has 6 heteroatoms. The maximum absolute atomic E-state index is 11.1. The number of ether oxygens (including phenoxy) is 1. The number of aromatic carboxylic acids is 1. The van der Waals surface area contributed by atoms with Crippen molar-refractivity contribution < 1.29 is 19.4 Å². The molecule has 0 saturated carbocycles. The van der Waals surface area contributed by atoms with Gasteiger partial charge in [0.25, 0.3) is 0 Å². The van der Waals surface area contributed by atoms with E-state index >= 15 is 0 Å². The Kier molecular flexibility index (Phi) is 5.89. The Bertz CT molecular complexity index is 488. The molecule has 1 rings (SSSR count). The van der Waals surface area contributed by atoms with Crippen LogP contribution in [0, 0.1) is 0 Å². The largest absolute Gasteiger partial charge is 0.478 e. The van der Waals surface area contributed by atoms with Gasteiger partial charge in [0, 0.05) is 11.6 Å².